The molecule has 4 rings (SSSR count). The summed E-state index contributed by atoms with van der Waals surface area (Å²) in [5.74, 6) is 0.0719. The van der Waals surface area contributed by atoms with Gasteiger partial charge in [0.2, 0.25) is 0 Å². The van der Waals surface area contributed by atoms with Gasteiger partial charge in [0.15, 0.2) is 0 Å². The Morgan fingerprint density at radius 3 is 2.67 bits per heavy atom. The van der Waals surface area contributed by atoms with Gasteiger partial charge in [-0.3, -0.25) is 0 Å². The molecule has 138 valence electrons. The van der Waals surface area contributed by atoms with Crippen LogP contribution in [-0.4, -0.2) is 16.7 Å². The summed E-state index contributed by atoms with van der Waals surface area (Å²) in [7, 11) is 0. The van der Waals surface area contributed by atoms with Crippen molar-refractivity contribution in [2.45, 2.75) is 32.5 Å². The third-order valence-electron chi connectivity index (χ3n) is 4.66. The molecule has 0 atom stereocenters. The highest BCUT2D eigenvalue weighted by Gasteiger charge is 2.32. The van der Waals surface area contributed by atoms with Crippen molar-refractivity contribution in [3.63, 3.8) is 0 Å². The zero-order chi connectivity index (χ0) is 19.2. The number of carbonyl (C=O) groups is 1. The molecule has 3 aromatic rings. The molecule has 0 amide bonds. The van der Waals surface area contributed by atoms with Gasteiger partial charge >= 0.3 is 5.97 Å². The molecular weight excluding hydrogens is 347 g/mol. The minimum Gasteiger partial charge on any atom is -0.489 e. The molecule has 1 aliphatic rings. The Morgan fingerprint density at radius 2 is 1.89 bits per heavy atom. The Bertz CT molecular complexity index is 1060. The van der Waals surface area contributed by atoms with Crippen LogP contribution in [0.4, 0.5) is 4.39 Å². The summed E-state index contributed by atoms with van der Waals surface area (Å²) in [6, 6.07) is 13.3. The van der Waals surface area contributed by atoms with Crippen molar-refractivity contribution in [2.24, 2.45) is 0 Å². The Hall–Kier alpha value is -3.08. The molecule has 0 radical (unpaired) electrons. The molecule has 0 saturated heterocycles. The van der Waals surface area contributed by atoms with Crippen LogP contribution in [0.5, 0.6) is 11.5 Å². The quantitative estimate of drug-likeness (QED) is 0.708. The Kier molecular flexibility index (Phi) is 4.02. The van der Waals surface area contributed by atoms with E-state index in [0.717, 1.165) is 16.3 Å². The maximum Gasteiger partial charge on any atom is 0.335 e. The van der Waals surface area contributed by atoms with E-state index in [9.17, 15) is 9.18 Å². The van der Waals surface area contributed by atoms with Crippen molar-refractivity contribution >= 4 is 16.7 Å². The SMILES string of the molecule is CC1(C)Cc2cc(F)cc(COc3ccc4cc(C(=O)O)ccc4c3)c2O1. The van der Waals surface area contributed by atoms with Gasteiger partial charge in [-0.05, 0) is 61.0 Å². The Balaban J connectivity index is 1.58. The van der Waals surface area contributed by atoms with E-state index >= 15 is 0 Å². The van der Waals surface area contributed by atoms with Crippen LogP contribution in [0.15, 0.2) is 48.5 Å². The lowest BCUT2D eigenvalue weighted by Crippen LogP contribution is -2.25. The molecule has 0 unspecified atom stereocenters. The van der Waals surface area contributed by atoms with Crippen LogP contribution in [0.3, 0.4) is 0 Å². The summed E-state index contributed by atoms with van der Waals surface area (Å²) in [4.78, 5) is 11.1. The normalized spacial score (nSPS) is 14.6. The fourth-order valence-corrected chi connectivity index (χ4v) is 3.46. The van der Waals surface area contributed by atoms with Crippen LogP contribution in [0.2, 0.25) is 0 Å². The number of carboxylic acid groups (broad SMARTS) is 1. The molecule has 0 bridgehead atoms. The summed E-state index contributed by atoms with van der Waals surface area (Å²) >= 11 is 0. The van der Waals surface area contributed by atoms with Gasteiger partial charge in [0.25, 0.3) is 0 Å². The summed E-state index contributed by atoms with van der Waals surface area (Å²) in [6.45, 7) is 4.14. The molecule has 0 fully saturated rings. The fourth-order valence-electron chi connectivity index (χ4n) is 3.46. The number of ether oxygens (including phenoxy) is 2. The second-order valence-corrected chi connectivity index (χ2v) is 7.41. The molecule has 1 heterocycles. The zero-order valence-corrected chi connectivity index (χ0v) is 15.1. The molecule has 1 N–H and O–H groups in total. The van der Waals surface area contributed by atoms with Gasteiger partial charge < -0.3 is 14.6 Å². The predicted octanol–water partition coefficient (Wildman–Crippen LogP) is 4.97. The van der Waals surface area contributed by atoms with Crippen LogP contribution in [0, 0.1) is 5.82 Å². The second-order valence-electron chi connectivity index (χ2n) is 7.41. The topological polar surface area (TPSA) is 55.8 Å². The smallest absolute Gasteiger partial charge is 0.335 e. The molecule has 0 spiro atoms. The van der Waals surface area contributed by atoms with Gasteiger partial charge in [0.1, 0.15) is 29.5 Å². The monoisotopic (exact) mass is 366 g/mol. The third-order valence-corrected chi connectivity index (χ3v) is 4.66. The van der Waals surface area contributed by atoms with E-state index in [4.69, 9.17) is 14.6 Å². The van der Waals surface area contributed by atoms with E-state index in [1.165, 1.54) is 12.1 Å². The van der Waals surface area contributed by atoms with E-state index in [1.54, 1.807) is 24.3 Å². The first kappa shape index (κ1) is 17.3. The van der Waals surface area contributed by atoms with Crippen molar-refractivity contribution in [1.82, 2.24) is 0 Å². The summed E-state index contributed by atoms with van der Waals surface area (Å²) in [5, 5.41) is 10.8. The van der Waals surface area contributed by atoms with Crippen LogP contribution in [0.25, 0.3) is 10.8 Å². The van der Waals surface area contributed by atoms with Gasteiger partial charge in [-0.2, -0.15) is 0 Å². The van der Waals surface area contributed by atoms with E-state index in [0.29, 0.717) is 23.5 Å². The third kappa shape index (κ3) is 3.45. The van der Waals surface area contributed by atoms with Crippen LogP contribution >= 0.6 is 0 Å². The van der Waals surface area contributed by atoms with Crippen molar-refractivity contribution in [3.8, 4) is 11.5 Å². The maximum atomic E-state index is 14.0. The molecular formula is C22H19FO4. The molecule has 0 aliphatic carbocycles. The Morgan fingerprint density at radius 1 is 1.15 bits per heavy atom. The van der Waals surface area contributed by atoms with Crippen molar-refractivity contribution in [1.29, 1.82) is 0 Å². The van der Waals surface area contributed by atoms with Crippen molar-refractivity contribution in [3.05, 3.63) is 71.0 Å². The van der Waals surface area contributed by atoms with Gasteiger partial charge in [0.05, 0.1) is 5.56 Å². The summed E-state index contributed by atoms with van der Waals surface area (Å²) in [6.07, 6.45) is 0.662. The predicted molar refractivity (Wildman–Crippen MR) is 100 cm³/mol. The minimum atomic E-state index is -0.958. The number of hydrogen-bond acceptors (Lipinski definition) is 3. The van der Waals surface area contributed by atoms with Crippen LogP contribution in [0.1, 0.15) is 35.3 Å². The first-order valence-corrected chi connectivity index (χ1v) is 8.71. The molecule has 5 heteroatoms. The first-order chi connectivity index (χ1) is 12.8. The lowest BCUT2D eigenvalue weighted by Gasteiger charge is -2.18. The lowest BCUT2D eigenvalue weighted by atomic mass is 10.0. The lowest BCUT2D eigenvalue weighted by molar-refractivity contribution is 0.0697. The average molecular weight is 366 g/mol. The van der Waals surface area contributed by atoms with Gasteiger partial charge in [0, 0.05) is 17.5 Å². The first-order valence-electron chi connectivity index (χ1n) is 8.71. The van der Waals surface area contributed by atoms with Gasteiger partial charge in [-0.15, -0.1) is 0 Å². The van der Waals surface area contributed by atoms with E-state index in [2.05, 4.69) is 0 Å². The number of rotatable bonds is 4. The standard InChI is InChI=1S/C22H19FO4/c1-22(2)11-16-8-18(23)9-17(20(16)27-22)12-26-19-6-5-13-7-15(21(24)25)4-3-14(13)10-19/h3-10H,11-12H2,1-2H3,(H,24,25). The summed E-state index contributed by atoms with van der Waals surface area (Å²) < 4.78 is 25.8. The van der Waals surface area contributed by atoms with E-state index in [-0.39, 0.29) is 23.6 Å². The molecule has 0 saturated carbocycles. The van der Waals surface area contributed by atoms with Crippen molar-refractivity contribution in [2.75, 3.05) is 0 Å². The number of carboxylic acids is 1. The number of fused-ring (bicyclic) bond motifs is 2. The Labute approximate surface area is 156 Å². The van der Waals surface area contributed by atoms with Gasteiger partial charge in [-0.25, -0.2) is 9.18 Å². The van der Waals surface area contributed by atoms with Crippen LogP contribution < -0.4 is 9.47 Å². The maximum absolute atomic E-state index is 14.0. The number of halogens is 1. The molecule has 27 heavy (non-hydrogen) atoms. The highest BCUT2D eigenvalue weighted by Crippen LogP contribution is 2.38. The van der Waals surface area contributed by atoms with Crippen LogP contribution in [-0.2, 0) is 13.0 Å². The second kappa shape index (κ2) is 6.27. The number of benzene rings is 3. The average Bonchev–Trinajstić information content (AvgIpc) is 2.92. The summed E-state index contributed by atoms with van der Waals surface area (Å²) in [5.41, 5.74) is 1.43. The molecule has 0 aromatic heterocycles. The molecule has 1 aliphatic heterocycles. The zero-order valence-electron chi connectivity index (χ0n) is 15.1. The van der Waals surface area contributed by atoms with E-state index < -0.39 is 5.97 Å². The number of hydrogen-bond donors (Lipinski definition) is 1. The number of aromatic carboxylic acids is 1. The van der Waals surface area contributed by atoms with E-state index in [1.807, 2.05) is 26.0 Å². The van der Waals surface area contributed by atoms with Gasteiger partial charge in [-0.1, -0.05) is 12.1 Å². The largest absolute Gasteiger partial charge is 0.489 e. The molecule has 3 aromatic carbocycles. The fraction of sp³-hybridized carbons (Fsp3) is 0.227. The minimum absolute atomic E-state index is 0.189. The highest BCUT2D eigenvalue weighted by atomic mass is 19.1. The van der Waals surface area contributed by atoms with Crippen molar-refractivity contribution < 1.29 is 23.8 Å². The highest BCUT2D eigenvalue weighted by molar-refractivity contribution is 5.94. The molecule has 4 nitrogen and oxygen atoms in total.